The van der Waals surface area contributed by atoms with Crippen molar-refractivity contribution < 1.29 is 23.7 Å². The number of aromatic nitrogens is 1. The van der Waals surface area contributed by atoms with Crippen LogP contribution in [0, 0.1) is 5.41 Å². The summed E-state index contributed by atoms with van der Waals surface area (Å²) in [5.74, 6) is 0.413. The van der Waals surface area contributed by atoms with E-state index in [1.54, 1.807) is 33.4 Å². The van der Waals surface area contributed by atoms with Crippen molar-refractivity contribution >= 4 is 5.97 Å². The summed E-state index contributed by atoms with van der Waals surface area (Å²) >= 11 is 0. The van der Waals surface area contributed by atoms with Crippen molar-refractivity contribution in [1.82, 2.24) is 4.57 Å². The second-order valence-corrected chi connectivity index (χ2v) is 9.44. The minimum atomic E-state index is -0.572. The minimum Gasteiger partial charge on any atom is -0.496 e. The molecule has 2 atom stereocenters. The Morgan fingerprint density at radius 3 is 2.67 bits per heavy atom. The molecule has 7 heteroatoms. The fourth-order valence-corrected chi connectivity index (χ4v) is 5.43. The van der Waals surface area contributed by atoms with Crippen LogP contribution < -0.4 is 10.2 Å². The molecule has 1 aromatic carbocycles. The second-order valence-electron chi connectivity index (χ2n) is 9.44. The van der Waals surface area contributed by atoms with E-state index in [2.05, 4.69) is 24.5 Å². The molecule has 0 amide bonds. The van der Waals surface area contributed by atoms with Gasteiger partial charge in [-0.2, -0.15) is 0 Å². The molecule has 33 heavy (non-hydrogen) atoms. The second kappa shape index (κ2) is 9.31. The van der Waals surface area contributed by atoms with Crippen LogP contribution >= 0.6 is 0 Å². The molecule has 0 saturated heterocycles. The predicted molar refractivity (Wildman–Crippen MR) is 125 cm³/mol. The Morgan fingerprint density at radius 1 is 1.18 bits per heavy atom. The molecule has 1 aliphatic heterocycles. The van der Waals surface area contributed by atoms with Crippen LogP contribution in [0.4, 0.5) is 0 Å². The van der Waals surface area contributed by atoms with Crippen LogP contribution in [0.1, 0.15) is 67.1 Å². The maximum Gasteiger partial charge on any atom is 0.343 e. The maximum atomic E-state index is 12.9. The number of hydrogen-bond acceptors (Lipinski definition) is 6. The van der Waals surface area contributed by atoms with E-state index in [4.69, 9.17) is 18.9 Å². The number of ether oxygens (including phenoxy) is 4. The lowest BCUT2D eigenvalue weighted by molar-refractivity contribution is 0.0523. The van der Waals surface area contributed by atoms with Crippen LogP contribution in [-0.2, 0) is 20.8 Å². The van der Waals surface area contributed by atoms with E-state index in [9.17, 15) is 9.59 Å². The van der Waals surface area contributed by atoms with Gasteiger partial charge in [-0.05, 0) is 42.9 Å². The summed E-state index contributed by atoms with van der Waals surface area (Å²) in [4.78, 5) is 25.4. The largest absolute Gasteiger partial charge is 0.496 e. The van der Waals surface area contributed by atoms with Gasteiger partial charge in [0.2, 0.25) is 0 Å². The SMILES string of the molecule is CCOC(=O)c1cn2c(cc1=O)-c1cc(OC)c(COCCOC)cc1[C@H]1CCC(C)(C)[C@@H]12. The molecule has 4 rings (SSSR count). The van der Waals surface area contributed by atoms with Gasteiger partial charge in [-0.1, -0.05) is 13.8 Å². The zero-order valence-electron chi connectivity index (χ0n) is 20.1. The molecule has 0 bridgehead atoms. The predicted octanol–water partition coefficient (Wildman–Crippen LogP) is 4.32. The Kier molecular flexibility index (Phi) is 6.64. The van der Waals surface area contributed by atoms with Gasteiger partial charge in [0, 0.05) is 42.5 Å². The van der Waals surface area contributed by atoms with E-state index >= 15 is 0 Å². The molecular weight excluding hydrogens is 422 g/mol. The lowest BCUT2D eigenvalue weighted by Gasteiger charge is -2.40. The number of methoxy groups -OCH3 is 2. The maximum absolute atomic E-state index is 12.9. The van der Waals surface area contributed by atoms with Gasteiger partial charge in [0.05, 0.1) is 39.2 Å². The summed E-state index contributed by atoms with van der Waals surface area (Å²) in [6, 6.07) is 5.88. The van der Waals surface area contributed by atoms with Gasteiger partial charge in [-0.25, -0.2) is 4.79 Å². The van der Waals surface area contributed by atoms with E-state index in [-0.39, 0.29) is 35.0 Å². The number of hydrogen-bond donors (Lipinski definition) is 0. The van der Waals surface area contributed by atoms with E-state index in [1.165, 1.54) is 5.56 Å². The molecule has 0 N–H and O–H groups in total. The monoisotopic (exact) mass is 455 g/mol. The first-order valence-electron chi connectivity index (χ1n) is 11.5. The summed E-state index contributed by atoms with van der Waals surface area (Å²) in [7, 11) is 3.29. The topological polar surface area (TPSA) is 76.0 Å². The molecule has 2 aliphatic rings. The van der Waals surface area contributed by atoms with Crippen LogP contribution in [-0.4, -0.2) is 44.6 Å². The fraction of sp³-hybridized carbons (Fsp3) is 0.538. The Hall–Kier alpha value is -2.64. The zero-order valence-corrected chi connectivity index (χ0v) is 20.1. The highest BCUT2D eigenvalue weighted by molar-refractivity contribution is 5.89. The number of carbonyl (C=O) groups is 1. The molecule has 0 radical (unpaired) electrons. The molecule has 1 aromatic heterocycles. The fourth-order valence-electron chi connectivity index (χ4n) is 5.43. The number of rotatable bonds is 8. The van der Waals surface area contributed by atoms with E-state index in [0.29, 0.717) is 19.8 Å². The highest BCUT2D eigenvalue weighted by atomic mass is 16.5. The summed E-state index contributed by atoms with van der Waals surface area (Å²) < 4.78 is 23.8. The quantitative estimate of drug-likeness (QED) is 0.436. The van der Waals surface area contributed by atoms with Gasteiger partial charge in [-0.3, -0.25) is 4.79 Å². The number of fused-ring (bicyclic) bond motifs is 6. The molecule has 178 valence electrons. The number of benzene rings is 1. The highest BCUT2D eigenvalue weighted by Gasteiger charge is 2.47. The molecule has 1 aliphatic carbocycles. The zero-order chi connectivity index (χ0) is 23.8. The van der Waals surface area contributed by atoms with Gasteiger partial charge in [0.25, 0.3) is 0 Å². The van der Waals surface area contributed by atoms with Crippen LogP contribution in [0.3, 0.4) is 0 Å². The van der Waals surface area contributed by atoms with Crippen molar-refractivity contribution in [2.75, 3.05) is 34.0 Å². The van der Waals surface area contributed by atoms with Gasteiger partial charge < -0.3 is 23.5 Å². The summed E-state index contributed by atoms with van der Waals surface area (Å²) in [5.41, 5.74) is 3.73. The van der Waals surface area contributed by atoms with Crippen molar-refractivity contribution in [1.29, 1.82) is 0 Å². The normalized spacial score (nSPS) is 20.0. The van der Waals surface area contributed by atoms with Crippen molar-refractivity contribution in [2.45, 2.75) is 52.2 Å². The standard InChI is InChI=1S/C26H33NO6/c1-6-33-25(29)20-14-27-21(13-22(20)28)19-12-23(31-5)16(15-32-10-9-30-4)11-18(19)17-7-8-26(2,3)24(17)27/h11-14,17,24H,6-10,15H2,1-5H3/t17-,24-/m1/s1. The molecule has 1 fully saturated rings. The smallest absolute Gasteiger partial charge is 0.343 e. The third kappa shape index (κ3) is 4.20. The Morgan fingerprint density at radius 2 is 1.97 bits per heavy atom. The minimum absolute atomic E-state index is 0.00710. The van der Waals surface area contributed by atoms with Crippen molar-refractivity contribution in [3.05, 3.63) is 51.3 Å². The van der Waals surface area contributed by atoms with Crippen LogP contribution in [0.5, 0.6) is 5.75 Å². The number of carbonyl (C=O) groups excluding carboxylic acids is 1. The molecule has 2 heterocycles. The molecule has 7 nitrogen and oxygen atoms in total. The highest BCUT2D eigenvalue weighted by Crippen LogP contribution is 2.59. The third-order valence-corrected chi connectivity index (χ3v) is 6.97. The Balaban J connectivity index is 1.86. The van der Waals surface area contributed by atoms with Gasteiger partial charge in [-0.15, -0.1) is 0 Å². The Labute approximate surface area is 194 Å². The lowest BCUT2D eigenvalue weighted by Crippen LogP contribution is -2.32. The van der Waals surface area contributed by atoms with E-state index in [0.717, 1.165) is 35.4 Å². The first kappa shape index (κ1) is 23.5. The van der Waals surface area contributed by atoms with E-state index < -0.39 is 5.97 Å². The molecule has 2 aromatic rings. The molecular formula is C26H33NO6. The van der Waals surface area contributed by atoms with Gasteiger partial charge in [0.15, 0.2) is 5.43 Å². The number of nitrogens with zero attached hydrogens (tertiary/aromatic N) is 1. The lowest BCUT2D eigenvalue weighted by atomic mass is 9.77. The summed E-state index contributed by atoms with van der Waals surface area (Å²) in [6.45, 7) is 7.95. The molecule has 0 unspecified atom stereocenters. The van der Waals surface area contributed by atoms with E-state index in [1.807, 2.05) is 6.07 Å². The molecule has 0 spiro atoms. The van der Waals surface area contributed by atoms with Gasteiger partial charge >= 0.3 is 5.97 Å². The Bertz CT molecular complexity index is 1100. The van der Waals surface area contributed by atoms with Crippen molar-refractivity contribution in [3.63, 3.8) is 0 Å². The number of esters is 1. The average molecular weight is 456 g/mol. The number of pyridine rings is 1. The van der Waals surface area contributed by atoms with Crippen LogP contribution in [0.2, 0.25) is 0 Å². The third-order valence-electron chi connectivity index (χ3n) is 6.97. The van der Waals surface area contributed by atoms with Crippen LogP contribution in [0.25, 0.3) is 11.3 Å². The summed E-state index contributed by atoms with van der Waals surface area (Å²) in [5, 5.41) is 0. The van der Waals surface area contributed by atoms with Gasteiger partial charge in [0.1, 0.15) is 11.3 Å². The van der Waals surface area contributed by atoms with Crippen LogP contribution in [0.15, 0.2) is 29.2 Å². The summed E-state index contributed by atoms with van der Waals surface area (Å²) in [6.07, 6.45) is 3.78. The average Bonchev–Trinajstić information content (AvgIpc) is 3.11. The first-order chi connectivity index (χ1) is 15.8. The van der Waals surface area contributed by atoms with Crippen molar-refractivity contribution in [3.8, 4) is 17.0 Å². The molecule has 1 saturated carbocycles. The first-order valence-corrected chi connectivity index (χ1v) is 11.5. The van der Waals surface area contributed by atoms with Crippen molar-refractivity contribution in [2.24, 2.45) is 5.41 Å².